The topological polar surface area (TPSA) is 76.3 Å². The molecule has 0 amide bonds. The number of hydrogen-bond acceptors (Lipinski definition) is 5. The van der Waals surface area contributed by atoms with Gasteiger partial charge in [0, 0.05) is 6.54 Å². The van der Waals surface area contributed by atoms with Gasteiger partial charge in [-0.25, -0.2) is 0 Å². The maximum absolute atomic E-state index is 9.24. The van der Waals surface area contributed by atoms with Crippen LogP contribution >= 0.6 is 0 Å². The molecular weight excluding hydrogens is 148 g/mol. The minimum absolute atomic E-state index is 0.439. The van der Waals surface area contributed by atoms with Crippen molar-refractivity contribution in [2.75, 3.05) is 19.7 Å². The highest BCUT2D eigenvalue weighted by Gasteiger charge is 2.22. The Morgan fingerprint density at radius 1 is 1.55 bits per heavy atom. The molecule has 0 fully saturated rings. The Morgan fingerprint density at radius 2 is 2.27 bits per heavy atom. The van der Waals surface area contributed by atoms with Crippen LogP contribution < -0.4 is 0 Å². The molecule has 64 valence electrons. The van der Waals surface area contributed by atoms with E-state index in [9.17, 15) is 5.11 Å². The zero-order valence-corrected chi connectivity index (χ0v) is 6.09. The highest BCUT2D eigenvalue weighted by atomic mass is 16.4. The van der Waals surface area contributed by atoms with Crippen molar-refractivity contribution in [2.24, 2.45) is 4.99 Å². The number of hydrogen-bond donors (Lipinski definition) is 3. The molecule has 0 saturated carbocycles. The molecule has 11 heavy (non-hydrogen) atoms. The maximum atomic E-state index is 9.24. The predicted molar refractivity (Wildman–Crippen MR) is 39.2 cm³/mol. The van der Waals surface area contributed by atoms with E-state index in [-0.39, 0.29) is 0 Å². The molecule has 0 aliphatic carbocycles. The lowest BCUT2D eigenvalue weighted by Gasteiger charge is -2.24. The number of aliphatic hydroxyl groups is 3. The molecule has 3 N–H and O–H groups in total. The fourth-order valence-corrected chi connectivity index (χ4v) is 0.909. The van der Waals surface area contributed by atoms with Crippen molar-refractivity contribution in [2.45, 2.75) is 12.3 Å². The summed E-state index contributed by atoms with van der Waals surface area (Å²) in [4.78, 5) is 5.34. The molecule has 1 aliphatic rings. The molecule has 0 aromatic heterocycles. The number of rotatable bonds is 3. The van der Waals surface area contributed by atoms with E-state index in [1.165, 1.54) is 11.2 Å². The first-order valence-corrected chi connectivity index (χ1v) is 3.48. The second kappa shape index (κ2) is 3.66. The van der Waals surface area contributed by atoms with Crippen LogP contribution in [0, 0.1) is 0 Å². The Bertz CT molecular complexity index is 151. The zero-order valence-electron chi connectivity index (χ0n) is 6.09. The van der Waals surface area contributed by atoms with Gasteiger partial charge in [-0.1, -0.05) is 0 Å². The molecule has 0 aromatic rings. The van der Waals surface area contributed by atoms with Crippen LogP contribution in [0.25, 0.3) is 0 Å². The lowest BCUT2D eigenvalue weighted by molar-refractivity contribution is -0.0684. The van der Waals surface area contributed by atoms with Gasteiger partial charge >= 0.3 is 0 Å². The van der Waals surface area contributed by atoms with Crippen molar-refractivity contribution >= 4 is 6.34 Å². The molecule has 0 spiro atoms. The predicted octanol–water partition coefficient (Wildman–Crippen LogP) is -2.00. The Labute approximate surface area is 64.6 Å². The first kappa shape index (κ1) is 8.45. The summed E-state index contributed by atoms with van der Waals surface area (Å²) < 4.78 is 0. The van der Waals surface area contributed by atoms with E-state index in [1.54, 1.807) is 0 Å². The van der Waals surface area contributed by atoms with Crippen molar-refractivity contribution in [3.05, 3.63) is 0 Å². The molecule has 1 aliphatic heterocycles. The maximum Gasteiger partial charge on any atom is 0.156 e. The van der Waals surface area contributed by atoms with Gasteiger partial charge in [0.1, 0.15) is 6.10 Å². The van der Waals surface area contributed by atoms with Gasteiger partial charge in [0.25, 0.3) is 0 Å². The molecule has 1 heterocycles. The quantitative estimate of drug-likeness (QED) is 0.446. The summed E-state index contributed by atoms with van der Waals surface area (Å²) in [5.41, 5.74) is 0. The van der Waals surface area contributed by atoms with Crippen LogP contribution in [0.5, 0.6) is 0 Å². The van der Waals surface area contributed by atoms with Crippen molar-refractivity contribution in [3.8, 4) is 0 Å². The van der Waals surface area contributed by atoms with Crippen molar-refractivity contribution in [1.82, 2.24) is 4.90 Å². The normalized spacial score (nSPS) is 22.3. The fourth-order valence-electron chi connectivity index (χ4n) is 0.909. The third-order valence-corrected chi connectivity index (χ3v) is 1.59. The van der Waals surface area contributed by atoms with Gasteiger partial charge in [0.2, 0.25) is 0 Å². The molecule has 5 nitrogen and oxygen atoms in total. The van der Waals surface area contributed by atoms with E-state index in [2.05, 4.69) is 4.99 Å². The standard InChI is InChI=1S/C6H12N2O3/c9-3-5(10)6(11)8-2-1-7-4-8/h4-6,9-11H,1-3H2/t5-,6?/m0/s1. The van der Waals surface area contributed by atoms with Crippen LogP contribution in [0.1, 0.15) is 0 Å². The molecule has 0 aromatic carbocycles. The van der Waals surface area contributed by atoms with E-state index in [0.29, 0.717) is 13.1 Å². The van der Waals surface area contributed by atoms with E-state index in [0.717, 1.165) is 0 Å². The SMILES string of the molecule is OC[C@H](O)C(O)N1C=NCC1. The second-order valence-corrected chi connectivity index (χ2v) is 2.42. The van der Waals surface area contributed by atoms with Crippen LogP contribution in [0.4, 0.5) is 0 Å². The minimum Gasteiger partial charge on any atom is -0.394 e. The molecule has 0 bridgehead atoms. The summed E-state index contributed by atoms with van der Waals surface area (Å²) in [7, 11) is 0. The van der Waals surface area contributed by atoms with Crippen LogP contribution in [0.3, 0.4) is 0 Å². The van der Waals surface area contributed by atoms with Crippen molar-refractivity contribution in [3.63, 3.8) is 0 Å². The Balaban J connectivity index is 2.39. The molecule has 0 saturated heterocycles. The summed E-state index contributed by atoms with van der Waals surface area (Å²) in [5, 5.41) is 26.7. The number of aliphatic imine (C=N–C) groups is 1. The van der Waals surface area contributed by atoms with Gasteiger partial charge in [0.05, 0.1) is 19.5 Å². The van der Waals surface area contributed by atoms with Crippen LogP contribution in [-0.4, -0.2) is 58.6 Å². The van der Waals surface area contributed by atoms with E-state index in [1.807, 2.05) is 0 Å². The first-order valence-electron chi connectivity index (χ1n) is 3.48. The lowest BCUT2D eigenvalue weighted by Crippen LogP contribution is -2.43. The first-order chi connectivity index (χ1) is 5.25. The Morgan fingerprint density at radius 3 is 2.73 bits per heavy atom. The third kappa shape index (κ3) is 1.89. The van der Waals surface area contributed by atoms with Crippen molar-refractivity contribution < 1.29 is 15.3 Å². The van der Waals surface area contributed by atoms with Crippen LogP contribution in [0.2, 0.25) is 0 Å². The highest BCUT2D eigenvalue weighted by Crippen LogP contribution is 2.02. The van der Waals surface area contributed by atoms with Gasteiger partial charge in [0.15, 0.2) is 6.23 Å². The van der Waals surface area contributed by atoms with Gasteiger partial charge < -0.3 is 20.2 Å². The van der Waals surface area contributed by atoms with Gasteiger partial charge in [-0.3, -0.25) is 4.99 Å². The fraction of sp³-hybridized carbons (Fsp3) is 0.833. The van der Waals surface area contributed by atoms with E-state index in [4.69, 9.17) is 10.2 Å². The summed E-state index contributed by atoms with van der Waals surface area (Å²) in [6.07, 6.45) is -0.672. The average Bonchev–Trinajstić information content (AvgIpc) is 2.53. The smallest absolute Gasteiger partial charge is 0.156 e. The van der Waals surface area contributed by atoms with E-state index < -0.39 is 18.9 Å². The van der Waals surface area contributed by atoms with Gasteiger partial charge in [-0.15, -0.1) is 0 Å². The van der Waals surface area contributed by atoms with Crippen LogP contribution in [0.15, 0.2) is 4.99 Å². The van der Waals surface area contributed by atoms with Crippen LogP contribution in [-0.2, 0) is 0 Å². The Kier molecular flexibility index (Phi) is 2.81. The molecular formula is C6H12N2O3. The van der Waals surface area contributed by atoms with Crippen molar-refractivity contribution in [1.29, 1.82) is 0 Å². The number of nitrogens with zero attached hydrogens (tertiary/aromatic N) is 2. The van der Waals surface area contributed by atoms with E-state index >= 15 is 0 Å². The molecule has 0 radical (unpaired) electrons. The molecule has 5 heteroatoms. The minimum atomic E-state index is -1.11. The largest absolute Gasteiger partial charge is 0.394 e. The monoisotopic (exact) mass is 160 g/mol. The van der Waals surface area contributed by atoms with Gasteiger partial charge in [-0.05, 0) is 0 Å². The third-order valence-electron chi connectivity index (χ3n) is 1.59. The second-order valence-electron chi connectivity index (χ2n) is 2.42. The summed E-state index contributed by atoms with van der Waals surface area (Å²) in [6, 6.07) is 0. The molecule has 2 atom stereocenters. The zero-order chi connectivity index (χ0) is 8.27. The molecule has 1 rings (SSSR count). The lowest BCUT2D eigenvalue weighted by atomic mass is 10.3. The molecule has 1 unspecified atom stereocenters. The highest BCUT2D eigenvalue weighted by molar-refractivity contribution is 5.57. The van der Waals surface area contributed by atoms with Gasteiger partial charge in [-0.2, -0.15) is 0 Å². The average molecular weight is 160 g/mol. The summed E-state index contributed by atoms with van der Waals surface area (Å²) >= 11 is 0. The summed E-state index contributed by atoms with van der Waals surface area (Å²) in [6.45, 7) is 0.791. The Hall–Kier alpha value is -0.650. The summed E-state index contributed by atoms with van der Waals surface area (Å²) in [5.74, 6) is 0. The number of aliphatic hydroxyl groups excluding tert-OH is 3.